The van der Waals surface area contributed by atoms with Gasteiger partial charge in [-0.2, -0.15) is 0 Å². The van der Waals surface area contributed by atoms with Gasteiger partial charge in [0, 0.05) is 11.1 Å². The lowest BCUT2D eigenvalue weighted by atomic mass is 10.1. The van der Waals surface area contributed by atoms with E-state index in [1.54, 1.807) is 37.3 Å². The van der Waals surface area contributed by atoms with Gasteiger partial charge in [-0.1, -0.05) is 19.1 Å². The molecule has 0 aliphatic rings. The number of aromatic carboxylic acids is 1. The van der Waals surface area contributed by atoms with Gasteiger partial charge in [0.2, 0.25) is 0 Å². The van der Waals surface area contributed by atoms with Gasteiger partial charge in [0.15, 0.2) is 0 Å². The van der Waals surface area contributed by atoms with Gasteiger partial charge >= 0.3 is 5.97 Å². The molecule has 0 aliphatic heterocycles. The molecule has 0 aliphatic carbocycles. The Kier molecular flexibility index (Phi) is 4.26. The average molecular weight is 359 g/mol. The Labute approximate surface area is 145 Å². The summed E-state index contributed by atoms with van der Waals surface area (Å²) >= 11 is 0. The highest BCUT2D eigenvalue weighted by Crippen LogP contribution is 2.29. The molecule has 7 heteroatoms. The Bertz CT molecular complexity index is 1050. The fourth-order valence-electron chi connectivity index (χ4n) is 2.67. The van der Waals surface area contributed by atoms with E-state index in [-0.39, 0.29) is 21.9 Å². The zero-order valence-electron chi connectivity index (χ0n) is 13.7. The van der Waals surface area contributed by atoms with Gasteiger partial charge in [-0.3, -0.25) is 4.72 Å². The van der Waals surface area contributed by atoms with Crippen molar-refractivity contribution in [2.24, 2.45) is 0 Å². The van der Waals surface area contributed by atoms with Crippen LogP contribution in [-0.4, -0.2) is 19.5 Å². The van der Waals surface area contributed by atoms with Crippen LogP contribution in [0.25, 0.3) is 11.0 Å². The van der Waals surface area contributed by atoms with Crippen molar-refractivity contribution in [3.63, 3.8) is 0 Å². The first-order valence-corrected chi connectivity index (χ1v) is 9.18. The van der Waals surface area contributed by atoms with Crippen LogP contribution >= 0.6 is 0 Å². The quantitative estimate of drug-likeness (QED) is 0.722. The number of hydrogen-bond donors (Lipinski definition) is 2. The maximum absolute atomic E-state index is 12.5. The van der Waals surface area contributed by atoms with E-state index in [9.17, 15) is 18.3 Å². The average Bonchev–Trinajstić information content (AvgIpc) is 2.89. The Morgan fingerprint density at radius 1 is 1.16 bits per heavy atom. The normalized spacial score (nSPS) is 11.6. The molecule has 2 aromatic carbocycles. The summed E-state index contributed by atoms with van der Waals surface area (Å²) in [6.07, 6.45) is 0.822. The van der Waals surface area contributed by atoms with Crippen molar-refractivity contribution in [3.05, 3.63) is 59.4 Å². The van der Waals surface area contributed by atoms with Crippen LogP contribution in [0.4, 0.5) is 5.69 Å². The second-order valence-electron chi connectivity index (χ2n) is 5.65. The van der Waals surface area contributed by atoms with E-state index in [1.807, 2.05) is 6.92 Å². The number of hydrogen-bond acceptors (Lipinski definition) is 4. The Balaban J connectivity index is 1.98. The highest BCUT2D eigenvalue weighted by Gasteiger charge is 2.19. The van der Waals surface area contributed by atoms with E-state index >= 15 is 0 Å². The molecule has 25 heavy (non-hydrogen) atoms. The van der Waals surface area contributed by atoms with Crippen molar-refractivity contribution in [1.82, 2.24) is 0 Å². The lowest BCUT2D eigenvalue weighted by Crippen LogP contribution is -2.13. The van der Waals surface area contributed by atoms with Crippen LogP contribution in [0.2, 0.25) is 0 Å². The minimum atomic E-state index is -3.76. The van der Waals surface area contributed by atoms with Gasteiger partial charge < -0.3 is 9.52 Å². The first-order valence-electron chi connectivity index (χ1n) is 7.70. The number of benzene rings is 2. The molecule has 0 saturated heterocycles. The topological polar surface area (TPSA) is 96.6 Å². The van der Waals surface area contributed by atoms with Crippen molar-refractivity contribution in [3.8, 4) is 0 Å². The summed E-state index contributed by atoms with van der Waals surface area (Å²) in [5.41, 5.74) is 1.74. The van der Waals surface area contributed by atoms with Crippen molar-refractivity contribution in [2.45, 2.75) is 25.2 Å². The van der Waals surface area contributed by atoms with E-state index in [0.717, 1.165) is 12.0 Å². The number of anilines is 1. The fraction of sp³-hybridized carbons (Fsp3) is 0.167. The zero-order valence-corrected chi connectivity index (χ0v) is 14.6. The van der Waals surface area contributed by atoms with Gasteiger partial charge in [0.1, 0.15) is 16.9 Å². The second kappa shape index (κ2) is 6.25. The number of sulfonamides is 1. The minimum Gasteiger partial charge on any atom is -0.478 e. The summed E-state index contributed by atoms with van der Waals surface area (Å²) in [4.78, 5) is 11.5. The van der Waals surface area contributed by atoms with Crippen LogP contribution in [-0.2, 0) is 16.4 Å². The van der Waals surface area contributed by atoms with E-state index in [0.29, 0.717) is 11.0 Å². The maximum atomic E-state index is 12.5. The number of fused-ring (bicyclic) bond motifs is 1. The second-order valence-corrected chi connectivity index (χ2v) is 7.33. The molecule has 0 saturated carbocycles. The van der Waals surface area contributed by atoms with Crippen molar-refractivity contribution >= 4 is 32.6 Å². The van der Waals surface area contributed by atoms with E-state index in [2.05, 4.69) is 4.72 Å². The number of furan rings is 1. The van der Waals surface area contributed by atoms with E-state index in [1.165, 1.54) is 12.1 Å². The predicted molar refractivity (Wildman–Crippen MR) is 94.5 cm³/mol. The largest absolute Gasteiger partial charge is 0.478 e. The van der Waals surface area contributed by atoms with Crippen LogP contribution in [0, 0.1) is 6.92 Å². The van der Waals surface area contributed by atoms with Crippen molar-refractivity contribution in [1.29, 1.82) is 0 Å². The van der Waals surface area contributed by atoms with Crippen LogP contribution in [0.5, 0.6) is 0 Å². The first-order chi connectivity index (χ1) is 11.8. The smallest absolute Gasteiger partial charge is 0.339 e. The van der Waals surface area contributed by atoms with Crippen LogP contribution in [0.15, 0.2) is 51.8 Å². The Morgan fingerprint density at radius 3 is 2.44 bits per heavy atom. The summed E-state index contributed by atoms with van der Waals surface area (Å²) in [5.74, 6) is -0.843. The number of carboxylic acids is 1. The highest BCUT2D eigenvalue weighted by molar-refractivity contribution is 7.92. The molecule has 3 rings (SSSR count). The number of aryl methyl sites for hydroxylation is 2. The molecular formula is C18H17NO5S. The van der Waals surface area contributed by atoms with Gasteiger partial charge in [0.05, 0.1) is 4.90 Å². The highest BCUT2D eigenvalue weighted by atomic mass is 32.2. The molecule has 0 atom stereocenters. The van der Waals surface area contributed by atoms with E-state index < -0.39 is 16.0 Å². The summed E-state index contributed by atoms with van der Waals surface area (Å²) in [7, 11) is -3.76. The van der Waals surface area contributed by atoms with Gasteiger partial charge in [-0.05, 0) is 49.2 Å². The minimum absolute atomic E-state index is 0.0309. The summed E-state index contributed by atoms with van der Waals surface area (Å²) < 4.78 is 32.9. The monoisotopic (exact) mass is 359 g/mol. The number of carboxylic acid groups (broad SMARTS) is 1. The Hall–Kier alpha value is -2.80. The Morgan fingerprint density at radius 2 is 1.84 bits per heavy atom. The van der Waals surface area contributed by atoms with Gasteiger partial charge in [-0.25, -0.2) is 13.2 Å². The molecule has 1 heterocycles. The fourth-order valence-corrected chi connectivity index (χ4v) is 3.72. The summed E-state index contributed by atoms with van der Waals surface area (Å²) in [5, 5.41) is 9.66. The molecule has 0 fully saturated rings. The molecule has 0 spiro atoms. The SMILES string of the molecule is CCc1ccc(S(=O)(=O)Nc2ccc3oc(C)c(C(=O)O)c3c2)cc1. The third-order valence-electron chi connectivity index (χ3n) is 3.97. The van der Waals surface area contributed by atoms with Crippen molar-refractivity contribution < 1.29 is 22.7 Å². The number of rotatable bonds is 5. The standard InChI is InChI=1S/C18H17NO5S/c1-3-12-4-7-14(8-5-12)25(22,23)19-13-6-9-16-15(10-13)17(18(20)21)11(2)24-16/h4-10,19H,3H2,1-2H3,(H,20,21). The number of nitrogens with one attached hydrogen (secondary N) is 1. The lowest BCUT2D eigenvalue weighted by molar-refractivity contribution is 0.0697. The van der Waals surface area contributed by atoms with Crippen LogP contribution < -0.4 is 4.72 Å². The first kappa shape index (κ1) is 17.0. The molecule has 130 valence electrons. The molecule has 0 bridgehead atoms. The maximum Gasteiger partial charge on any atom is 0.339 e. The zero-order chi connectivity index (χ0) is 18.2. The van der Waals surface area contributed by atoms with Gasteiger partial charge in [0.25, 0.3) is 10.0 Å². The summed E-state index contributed by atoms with van der Waals surface area (Å²) in [6, 6.07) is 11.2. The predicted octanol–water partition coefficient (Wildman–Crippen LogP) is 3.80. The molecule has 6 nitrogen and oxygen atoms in total. The lowest BCUT2D eigenvalue weighted by Gasteiger charge is -2.09. The molecule has 0 unspecified atom stereocenters. The third-order valence-corrected chi connectivity index (χ3v) is 5.37. The third kappa shape index (κ3) is 3.23. The molecule has 3 aromatic rings. The summed E-state index contributed by atoms with van der Waals surface area (Å²) in [6.45, 7) is 3.55. The number of carbonyl (C=O) groups is 1. The molecule has 2 N–H and O–H groups in total. The molecule has 0 amide bonds. The van der Waals surface area contributed by atoms with Crippen LogP contribution in [0.1, 0.15) is 28.6 Å². The van der Waals surface area contributed by atoms with E-state index in [4.69, 9.17) is 4.42 Å². The molecule has 0 radical (unpaired) electrons. The van der Waals surface area contributed by atoms with Gasteiger partial charge in [-0.15, -0.1) is 0 Å². The molecular weight excluding hydrogens is 342 g/mol. The van der Waals surface area contributed by atoms with Crippen molar-refractivity contribution in [2.75, 3.05) is 4.72 Å². The molecule has 1 aromatic heterocycles. The van der Waals surface area contributed by atoms with Crippen LogP contribution in [0.3, 0.4) is 0 Å².